The van der Waals surface area contributed by atoms with Gasteiger partial charge < -0.3 is 10.6 Å². The predicted molar refractivity (Wildman–Crippen MR) is 110 cm³/mol. The maximum Gasteiger partial charge on any atom is 0.254 e. The molecule has 5 nitrogen and oxygen atoms in total. The number of carbonyl (C=O) groups is 2. The molecule has 28 heavy (non-hydrogen) atoms. The molecule has 1 atom stereocenters. The van der Waals surface area contributed by atoms with E-state index in [2.05, 4.69) is 31.0 Å². The number of carbonyl (C=O) groups excluding carboxylic acids is 2. The normalized spacial score (nSPS) is 16.5. The quantitative estimate of drug-likeness (QED) is 0.762. The molecular formula is C23H23N3O2. The molecule has 2 aromatic carbocycles. The van der Waals surface area contributed by atoms with E-state index < -0.39 is 11.9 Å². The van der Waals surface area contributed by atoms with Gasteiger partial charge in [-0.2, -0.15) is 0 Å². The molecule has 1 aliphatic rings. The fourth-order valence-electron chi connectivity index (χ4n) is 4.13. The van der Waals surface area contributed by atoms with Crippen LogP contribution in [0, 0.1) is 13.8 Å². The molecule has 0 aliphatic carbocycles. The van der Waals surface area contributed by atoms with E-state index in [1.807, 2.05) is 36.5 Å². The molecule has 1 saturated heterocycles. The summed E-state index contributed by atoms with van der Waals surface area (Å²) in [6, 6.07) is 13.3. The molecule has 4 rings (SSSR count). The van der Waals surface area contributed by atoms with Crippen LogP contribution in [0.3, 0.4) is 0 Å². The summed E-state index contributed by atoms with van der Waals surface area (Å²) in [6.07, 6.45) is 3.26. The minimum atomic E-state index is -0.498. The maximum atomic E-state index is 12.8. The molecule has 1 aliphatic heterocycles. The number of nitrogens with two attached hydrogens (primary N) is 1. The van der Waals surface area contributed by atoms with Crippen LogP contribution in [-0.2, 0) is 4.79 Å². The van der Waals surface area contributed by atoms with Crippen LogP contribution in [0.1, 0.15) is 34.3 Å². The minimum absolute atomic E-state index is 0.140. The number of nitrogens with zero attached hydrogens (tertiary/aromatic N) is 2. The van der Waals surface area contributed by atoms with Crippen LogP contribution in [0.25, 0.3) is 22.0 Å². The number of amides is 2. The molecule has 0 saturated carbocycles. The first-order valence-corrected chi connectivity index (χ1v) is 9.52. The number of hydrogen-bond donors (Lipinski definition) is 1. The zero-order valence-corrected chi connectivity index (χ0v) is 16.1. The third-order valence-corrected chi connectivity index (χ3v) is 5.46. The van der Waals surface area contributed by atoms with Crippen LogP contribution in [0.15, 0.2) is 48.7 Å². The van der Waals surface area contributed by atoms with Gasteiger partial charge in [-0.25, -0.2) is 0 Å². The largest absolute Gasteiger partial charge is 0.368 e. The number of rotatable bonds is 3. The molecule has 2 N–H and O–H groups in total. The Labute approximate surface area is 164 Å². The average Bonchev–Trinajstić information content (AvgIpc) is 3.17. The summed E-state index contributed by atoms with van der Waals surface area (Å²) in [7, 11) is 0. The highest BCUT2D eigenvalue weighted by Crippen LogP contribution is 2.30. The number of benzene rings is 2. The molecule has 1 unspecified atom stereocenters. The molecule has 1 aromatic heterocycles. The van der Waals surface area contributed by atoms with Crippen molar-refractivity contribution in [3.05, 3.63) is 65.4 Å². The number of aryl methyl sites for hydroxylation is 2. The first kappa shape index (κ1) is 18.2. The average molecular weight is 373 g/mol. The third-order valence-electron chi connectivity index (χ3n) is 5.46. The lowest BCUT2D eigenvalue weighted by molar-refractivity contribution is -0.121. The van der Waals surface area contributed by atoms with E-state index in [0.29, 0.717) is 18.5 Å². The van der Waals surface area contributed by atoms with E-state index >= 15 is 0 Å². The lowest BCUT2D eigenvalue weighted by Crippen LogP contribution is -2.43. The van der Waals surface area contributed by atoms with Gasteiger partial charge in [0.1, 0.15) is 6.04 Å². The van der Waals surface area contributed by atoms with Gasteiger partial charge in [-0.1, -0.05) is 23.8 Å². The van der Waals surface area contributed by atoms with E-state index in [0.717, 1.165) is 34.0 Å². The molecule has 2 amide bonds. The highest BCUT2D eigenvalue weighted by Gasteiger charge is 2.33. The Bertz CT molecular complexity index is 1070. The van der Waals surface area contributed by atoms with Crippen molar-refractivity contribution in [2.24, 2.45) is 5.73 Å². The second-order valence-corrected chi connectivity index (χ2v) is 7.47. The topological polar surface area (TPSA) is 76.3 Å². The Morgan fingerprint density at radius 2 is 1.86 bits per heavy atom. The summed E-state index contributed by atoms with van der Waals surface area (Å²) in [5, 5.41) is 1.10. The Morgan fingerprint density at radius 1 is 1.11 bits per heavy atom. The summed E-state index contributed by atoms with van der Waals surface area (Å²) < 4.78 is 0. The van der Waals surface area contributed by atoms with Crippen LogP contribution in [0.2, 0.25) is 0 Å². The van der Waals surface area contributed by atoms with Gasteiger partial charge in [-0.15, -0.1) is 0 Å². The van der Waals surface area contributed by atoms with Crippen molar-refractivity contribution >= 4 is 22.7 Å². The van der Waals surface area contributed by atoms with E-state index in [1.54, 1.807) is 4.90 Å². The fraction of sp³-hybridized carbons (Fsp3) is 0.261. The van der Waals surface area contributed by atoms with E-state index in [-0.39, 0.29) is 5.91 Å². The van der Waals surface area contributed by atoms with Crippen molar-refractivity contribution in [2.75, 3.05) is 6.54 Å². The molecule has 5 heteroatoms. The van der Waals surface area contributed by atoms with Crippen molar-refractivity contribution < 1.29 is 9.59 Å². The molecule has 0 radical (unpaired) electrons. The van der Waals surface area contributed by atoms with E-state index in [4.69, 9.17) is 5.73 Å². The van der Waals surface area contributed by atoms with Crippen LogP contribution in [0.4, 0.5) is 0 Å². The first-order chi connectivity index (χ1) is 13.5. The summed E-state index contributed by atoms with van der Waals surface area (Å²) >= 11 is 0. The smallest absolute Gasteiger partial charge is 0.254 e. The Morgan fingerprint density at radius 3 is 2.57 bits per heavy atom. The standard InChI is InChI=1S/C23H23N3O2/c1-14-12-15(2)21-19(13-14)18(9-10-25-21)16-5-7-17(8-6-16)23(28)26-11-3-4-20(26)22(24)27/h5-10,12-13,20H,3-4,11H2,1-2H3,(H2,24,27). The lowest BCUT2D eigenvalue weighted by Gasteiger charge is -2.22. The summed E-state index contributed by atoms with van der Waals surface area (Å²) in [5.41, 5.74) is 11.5. The van der Waals surface area contributed by atoms with E-state index in [9.17, 15) is 9.59 Å². The second-order valence-electron chi connectivity index (χ2n) is 7.47. The highest BCUT2D eigenvalue weighted by molar-refractivity contribution is 5.99. The van der Waals surface area contributed by atoms with Gasteiger partial charge >= 0.3 is 0 Å². The van der Waals surface area contributed by atoms with Crippen LogP contribution in [-0.4, -0.2) is 34.3 Å². The Kier molecular flexibility index (Phi) is 4.59. The van der Waals surface area contributed by atoms with Gasteiger partial charge in [0.15, 0.2) is 0 Å². The molecule has 0 bridgehead atoms. The van der Waals surface area contributed by atoms with Crippen molar-refractivity contribution in [1.82, 2.24) is 9.88 Å². The predicted octanol–water partition coefficient (Wildman–Crippen LogP) is 3.61. The number of likely N-dealkylation sites (tertiary alicyclic amines) is 1. The zero-order chi connectivity index (χ0) is 19.8. The number of hydrogen-bond acceptors (Lipinski definition) is 3. The van der Waals surface area contributed by atoms with Crippen molar-refractivity contribution in [1.29, 1.82) is 0 Å². The first-order valence-electron chi connectivity index (χ1n) is 9.52. The number of fused-ring (bicyclic) bond motifs is 1. The number of primary amides is 1. The van der Waals surface area contributed by atoms with Crippen molar-refractivity contribution in [3.8, 4) is 11.1 Å². The third kappa shape index (κ3) is 3.13. The SMILES string of the molecule is Cc1cc(C)c2nccc(-c3ccc(C(=O)N4CCCC4C(N)=O)cc3)c2c1. The van der Waals surface area contributed by atoms with Gasteiger partial charge in [0.05, 0.1) is 5.52 Å². The Hall–Kier alpha value is -3.21. The van der Waals surface area contributed by atoms with Crippen molar-refractivity contribution in [3.63, 3.8) is 0 Å². The molecule has 3 aromatic rings. The summed E-state index contributed by atoms with van der Waals surface area (Å²) in [4.78, 5) is 30.5. The summed E-state index contributed by atoms with van der Waals surface area (Å²) in [6.45, 7) is 4.72. The van der Waals surface area contributed by atoms with E-state index in [1.165, 1.54) is 5.56 Å². The molecule has 142 valence electrons. The monoisotopic (exact) mass is 373 g/mol. The van der Waals surface area contributed by atoms with Gasteiger partial charge in [0.25, 0.3) is 5.91 Å². The minimum Gasteiger partial charge on any atom is -0.368 e. The molecule has 1 fully saturated rings. The summed E-state index contributed by atoms with van der Waals surface area (Å²) in [5.74, 6) is -0.574. The maximum absolute atomic E-state index is 12.8. The van der Waals surface area contributed by atoms with Gasteiger partial charge in [-0.05, 0) is 67.6 Å². The molecular weight excluding hydrogens is 350 g/mol. The van der Waals surface area contributed by atoms with Crippen molar-refractivity contribution in [2.45, 2.75) is 32.7 Å². The van der Waals surface area contributed by atoms with Crippen LogP contribution in [0.5, 0.6) is 0 Å². The highest BCUT2D eigenvalue weighted by atomic mass is 16.2. The van der Waals surface area contributed by atoms with Crippen LogP contribution < -0.4 is 5.73 Å². The lowest BCUT2D eigenvalue weighted by atomic mass is 9.97. The number of aromatic nitrogens is 1. The number of pyridine rings is 1. The molecule has 2 heterocycles. The molecule has 0 spiro atoms. The van der Waals surface area contributed by atoms with Gasteiger partial charge in [0.2, 0.25) is 5.91 Å². The van der Waals surface area contributed by atoms with Crippen LogP contribution >= 0.6 is 0 Å². The second kappa shape index (κ2) is 7.08. The van der Waals surface area contributed by atoms with Gasteiger partial charge in [0, 0.05) is 23.7 Å². The van der Waals surface area contributed by atoms with Gasteiger partial charge in [-0.3, -0.25) is 14.6 Å². The fourth-order valence-corrected chi connectivity index (χ4v) is 4.13. The zero-order valence-electron chi connectivity index (χ0n) is 16.1. The Balaban J connectivity index is 1.69.